The van der Waals surface area contributed by atoms with Crippen molar-refractivity contribution in [3.63, 3.8) is 0 Å². The summed E-state index contributed by atoms with van der Waals surface area (Å²) in [4.78, 5) is 22.3. The number of hydrogen-bond donors (Lipinski definition) is 0. The van der Waals surface area contributed by atoms with Crippen molar-refractivity contribution in [2.45, 2.75) is 39.3 Å². The van der Waals surface area contributed by atoms with Crippen molar-refractivity contribution < 1.29 is 9.21 Å². The zero-order chi connectivity index (χ0) is 20.0. The number of nitrogens with zero attached hydrogens (tertiary/aromatic N) is 3. The first-order chi connectivity index (χ1) is 14.1. The van der Waals surface area contributed by atoms with Crippen LogP contribution in [0.2, 0.25) is 0 Å². The van der Waals surface area contributed by atoms with Gasteiger partial charge < -0.3 is 9.32 Å². The molecule has 1 amide bonds. The lowest BCUT2D eigenvalue weighted by molar-refractivity contribution is 0.0554. The fraction of sp³-hybridized carbons (Fsp3) is 0.417. The molecule has 3 aliphatic heterocycles. The van der Waals surface area contributed by atoms with E-state index in [1.165, 1.54) is 12.0 Å². The summed E-state index contributed by atoms with van der Waals surface area (Å²) < 4.78 is 6.05. The summed E-state index contributed by atoms with van der Waals surface area (Å²) in [5.74, 6) is 1.08. The number of fused-ring (bicyclic) bond motifs is 5. The molecule has 3 aromatic rings. The number of aromatic nitrogens is 1. The summed E-state index contributed by atoms with van der Waals surface area (Å²) in [6.07, 6.45) is 6.01. The van der Waals surface area contributed by atoms with Crippen LogP contribution in [0.15, 0.2) is 47.1 Å². The molecule has 0 unspecified atom stereocenters. The van der Waals surface area contributed by atoms with Crippen LogP contribution in [-0.2, 0) is 6.54 Å². The highest BCUT2D eigenvalue weighted by atomic mass is 16.3. The third kappa shape index (κ3) is 3.44. The molecule has 2 bridgehead atoms. The van der Waals surface area contributed by atoms with Crippen LogP contribution >= 0.6 is 0 Å². The van der Waals surface area contributed by atoms with Gasteiger partial charge in [-0.15, -0.1) is 0 Å². The van der Waals surface area contributed by atoms with Gasteiger partial charge in [0, 0.05) is 55.6 Å². The van der Waals surface area contributed by atoms with Crippen molar-refractivity contribution in [1.82, 2.24) is 14.8 Å². The Balaban J connectivity index is 1.39. The van der Waals surface area contributed by atoms with Crippen LogP contribution in [0.4, 0.5) is 0 Å². The fourth-order valence-corrected chi connectivity index (χ4v) is 4.97. The molecule has 0 saturated carbocycles. The Morgan fingerprint density at radius 2 is 2.07 bits per heavy atom. The monoisotopic (exact) mass is 389 g/mol. The molecule has 5 nitrogen and oxygen atoms in total. The number of hydrogen-bond acceptors (Lipinski definition) is 4. The van der Waals surface area contributed by atoms with E-state index in [1.54, 1.807) is 0 Å². The molecule has 3 saturated heterocycles. The van der Waals surface area contributed by atoms with Crippen LogP contribution in [-0.4, -0.2) is 46.4 Å². The normalized spacial score (nSPS) is 22.2. The Labute approximate surface area is 171 Å². The Kier molecular flexibility index (Phi) is 4.63. The maximum absolute atomic E-state index is 13.5. The van der Waals surface area contributed by atoms with Gasteiger partial charge in [0.05, 0.1) is 0 Å². The van der Waals surface area contributed by atoms with Crippen molar-refractivity contribution in [2.24, 2.45) is 5.92 Å². The highest BCUT2D eigenvalue weighted by Gasteiger charge is 2.38. The van der Waals surface area contributed by atoms with Gasteiger partial charge in [0.25, 0.3) is 5.91 Å². The van der Waals surface area contributed by atoms with Gasteiger partial charge in [-0.3, -0.25) is 14.7 Å². The molecular weight excluding hydrogens is 362 g/mol. The first-order valence-corrected chi connectivity index (χ1v) is 10.5. The van der Waals surface area contributed by atoms with Crippen molar-refractivity contribution in [3.05, 3.63) is 65.2 Å². The van der Waals surface area contributed by atoms with Crippen LogP contribution < -0.4 is 0 Å². The van der Waals surface area contributed by atoms with Gasteiger partial charge in [-0.1, -0.05) is 18.2 Å². The van der Waals surface area contributed by atoms with Crippen LogP contribution in [0.5, 0.6) is 0 Å². The average molecular weight is 389 g/mol. The molecule has 6 rings (SSSR count). The van der Waals surface area contributed by atoms with E-state index in [2.05, 4.69) is 33.0 Å². The van der Waals surface area contributed by atoms with Gasteiger partial charge in [-0.2, -0.15) is 0 Å². The molecule has 29 heavy (non-hydrogen) atoms. The van der Waals surface area contributed by atoms with E-state index in [0.29, 0.717) is 11.7 Å². The van der Waals surface area contributed by atoms with Crippen molar-refractivity contribution in [1.29, 1.82) is 0 Å². The summed E-state index contributed by atoms with van der Waals surface area (Å²) in [6.45, 7) is 7.71. The van der Waals surface area contributed by atoms with Gasteiger partial charge >= 0.3 is 0 Å². The molecule has 0 spiro atoms. The number of amides is 1. The third-order valence-corrected chi connectivity index (χ3v) is 6.47. The number of rotatable bonds is 3. The second-order valence-electron chi connectivity index (χ2n) is 8.67. The minimum atomic E-state index is 0.0503. The summed E-state index contributed by atoms with van der Waals surface area (Å²) in [5, 5.41) is 1.04. The molecule has 3 fully saturated rings. The van der Waals surface area contributed by atoms with Gasteiger partial charge in [0.15, 0.2) is 5.76 Å². The summed E-state index contributed by atoms with van der Waals surface area (Å²) in [6, 6.07) is 10.5. The largest absolute Gasteiger partial charge is 0.451 e. The smallest absolute Gasteiger partial charge is 0.290 e. The second-order valence-corrected chi connectivity index (χ2v) is 8.67. The first kappa shape index (κ1) is 18.4. The van der Waals surface area contributed by atoms with E-state index in [-0.39, 0.29) is 11.9 Å². The second kappa shape index (κ2) is 7.30. The highest BCUT2D eigenvalue weighted by Crippen LogP contribution is 2.33. The molecule has 0 aliphatic carbocycles. The fourth-order valence-electron chi connectivity index (χ4n) is 4.97. The summed E-state index contributed by atoms with van der Waals surface area (Å²) in [5.41, 5.74) is 4.14. The SMILES string of the molecule is Cc1ccc2c(C)c(C(=O)N3C[C@H]4CC[C@@H]3CN(Cc3cccnc3)C4)oc2c1. The van der Waals surface area contributed by atoms with Crippen molar-refractivity contribution >= 4 is 16.9 Å². The van der Waals surface area contributed by atoms with Crippen molar-refractivity contribution in [3.8, 4) is 0 Å². The van der Waals surface area contributed by atoms with Crippen LogP contribution in [0, 0.1) is 19.8 Å². The molecule has 5 heteroatoms. The van der Waals surface area contributed by atoms with Gasteiger partial charge in [-0.25, -0.2) is 0 Å². The Bertz CT molecular complexity index is 1040. The van der Waals surface area contributed by atoms with Gasteiger partial charge in [0.2, 0.25) is 0 Å². The summed E-state index contributed by atoms with van der Waals surface area (Å²) in [7, 11) is 0. The number of aryl methyl sites for hydroxylation is 2. The van der Waals surface area contributed by atoms with E-state index in [0.717, 1.165) is 54.7 Å². The number of benzene rings is 1. The van der Waals surface area contributed by atoms with E-state index < -0.39 is 0 Å². The minimum Gasteiger partial charge on any atom is -0.451 e. The number of carbonyl (C=O) groups is 1. The van der Waals surface area contributed by atoms with E-state index in [1.807, 2.05) is 38.4 Å². The Morgan fingerprint density at radius 3 is 2.90 bits per heavy atom. The lowest BCUT2D eigenvalue weighted by Gasteiger charge is -2.35. The average Bonchev–Trinajstić information content (AvgIpc) is 2.85. The van der Waals surface area contributed by atoms with Crippen molar-refractivity contribution in [2.75, 3.05) is 19.6 Å². The van der Waals surface area contributed by atoms with Gasteiger partial charge in [0.1, 0.15) is 5.58 Å². The molecule has 0 N–H and O–H groups in total. The molecule has 1 aromatic carbocycles. The van der Waals surface area contributed by atoms with Gasteiger partial charge in [-0.05, 0) is 55.9 Å². The molecular formula is C24H27N3O2. The predicted octanol–water partition coefficient (Wildman–Crippen LogP) is 4.18. The topological polar surface area (TPSA) is 49.6 Å². The standard InChI is InChI=1S/C24H27N3O2/c1-16-5-8-21-17(2)23(29-22(21)10-16)24(28)27-14-19-6-7-20(27)15-26(13-19)12-18-4-3-9-25-11-18/h3-5,8-11,19-20H,6-7,12-15H2,1-2H3/t19-,20+/m0/s1. The number of carbonyl (C=O) groups excluding carboxylic acids is 1. The lowest BCUT2D eigenvalue weighted by Crippen LogP contribution is -2.47. The number of furan rings is 1. The Morgan fingerprint density at radius 1 is 1.17 bits per heavy atom. The van der Waals surface area contributed by atoms with E-state index in [4.69, 9.17) is 4.42 Å². The molecule has 150 valence electrons. The zero-order valence-electron chi connectivity index (χ0n) is 17.1. The predicted molar refractivity (Wildman–Crippen MR) is 113 cm³/mol. The number of pyridine rings is 1. The maximum Gasteiger partial charge on any atom is 0.290 e. The van der Waals surface area contributed by atoms with Crippen LogP contribution in [0.3, 0.4) is 0 Å². The minimum absolute atomic E-state index is 0.0503. The molecule has 2 aromatic heterocycles. The molecule has 0 radical (unpaired) electrons. The van der Waals surface area contributed by atoms with Crippen LogP contribution in [0.1, 0.15) is 40.1 Å². The maximum atomic E-state index is 13.5. The first-order valence-electron chi connectivity index (χ1n) is 10.5. The molecule has 5 heterocycles. The van der Waals surface area contributed by atoms with E-state index in [9.17, 15) is 4.79 Å². The molecule has 3 aliphatic rings. The van der Waals surface area contributed by atoms with E-state index >= 15 is 0 Å². The van der Waals surface area contributed by atoms with Crippen LogP contribution in [0.25, 0.3) is 11.0 Å². The quantitative estimate of drug-likeness (QED) is 0.674. The Hall–Kier alpha value is -2.66. The highest BCUT2D eigenvalue weighted by molar-refractivity contribution is 5.99. The zero-order valence-corrected chi connectivity index (χ0v) is 17.1. The molecule has 2 atom stereocenters. The number of piperidine rings is 1. The lowest BCUT2D eigenvalue weighted by atomic mass is 9.94. The third-order valence-electron chi connectivity index (χ3n) is 6.47. The summed E-state index contributed by atoms with van der Waals surface area (Å²) >= 11 is 0.